The van der Waals surface area contributed by atoms with Crippen LogP contribution in [-0.4, -0.2) is 181 Å². The fraction of sp³-hybridized carbons (Fsp3) is 0.860. The van der Waals surface area contributed by atoms with E-state index in [1.54, 1.807) is 39.8 Å². The highest BCUT2D eigenvalue weighted by Gasteiger charge is 2.52. The number of ether oxygens (including phenoxy) is 8. The number of hydrogen-bond acceptors (Lipinski definition) is 16. The molecule has 0 saturated carbocycles. The summed E-state index contributed by atoms with van der Waals surface area (Å²) in [6.45, 7) is 10.8. The van der Waals surface area contributed by atoms with Gasteiger partial charge in [0.1, 0.15) is 36.8 Å². The number of esters is 1. The Bertz CT molecular complexity index is 1370. The molecule has 4 N–H and O–H groups in total. The molecule has 16 heteroatoms. The molecule has 4 heterocycles. The third kappa shape index (κ3) is 13.3. The molecule has 3 fully saturated rings. The second kappa shape index (κ2) is 22.5. The molecule has 0 bridgehead atoms. The summed E-state index contributed by atoms with van der Waals surface area (Å²) in [5.74, 6) is -1.47. The molecule has 4 aliphatic heterocycles. The number of carbonyl (C=O) groups is 2. The number of rotatable bonds is 11. The highest BCUT2D eigenvalue weighted by atomic mass is 16.7. The smallest absolute Gasteiger partial charge is 0.308 e. The molecule has 59 heavy (non-hydrogen) atoms. The summed E-state index contributed by atoms with van der Waals surface area (Å²) >= 11 is 0. The lowest BCUT2D eigenvalue weighted by Crippen LogP contribution is -2.65. The number of aldehydes is 1. The molecule has 340 valence electrons. The Labute approximate surface area is 351 Å². The number of aliphatic hydroxyl groups excluding tert-OH is 3. The molecule has 4 aliphatic rings. The summed E-state index contributed by atoms with van der Waals surface area (Å²) in [7, 11) is 9.03. The number of hydrogen-bond donors (Lipinski definition) is 4. The molecule has 0 amide bonds. The van der Waals surface area contributed by atoms with Crippen LogP contribution in [0.5, 0.6) is 0 Å². The molecule has 0 aromatic heterocycles. The lowest BCUT2D eigenvalue weighted by atomic mass is 9.82. The third-order valence-corrected chi connectivity index (χ3v) is 12.4. The number of cyclic esters (lactones) is 1. The van der Waals surface area contributed by atoms with E-state index in [9.17, 15) is 30.0 Å². The van der Waals surface area contributed by atoms with Crippen molar-refractivity contribution < 1.29 is 67.9 Å². The monoisotopic (exact) mass is 843 g/mol. The van der Waals surface area contributed by atoms with Crippen LogP contribution in [0.1, 0.15) is 86.5 Å². The molecule has 4 rings (SSSR count). The van der Waals surface area contributed by atoms with Crippen molar-refractivity contribution in [3.63, 3.8) is 0 Å². The number of aliphatic hydroxyl groups is 4. The maximum Gasteiger partial charge on any atom is 0.308 e. The zero-order valence-corrected chi connectivity index (χ0v) is 37.0. The van der Waals surface area contributed by atoms with Crippen LogP contribution in [0.3, 0.4) is 0 Å². The van der Waals surface area contributed by atoms with E-state index in [1.807, 2.05) is 52.2 Å². The van der Waals surface area contributed by atoms with Gasteiger partial charge in [0, 0.05) is 32.4 Å². The molecule has 0 spiro atoms. The Morgan fingerprint density at radius 2 is 1.56 bits per heavy atom. The average Bonchev–Trinajstić information content (AvgIpc) is 3.13. The number of allylic oxidation sites excluding steroid dienone is 2. The second-order valence-corrected chi connectivity index (χ2v) is 17.8. The molecule has 3 saturated heterocycles. The standard InChI is InChI=1S/C43H74N2O14/c1-24-21-29(19-20-46)39(59-42-37(49)36(45(9)10)38(27(4)56-42)58-35-23-43(6,51)41(50)28(5)55-35)40(52-11)31(47)22-33(48)53-25(2)15-13-12-14-16-32(24)57-34-18-17-30(44(7)8)26(3)54-34/h12-14,16,20,24-32,34-42,47,49-51H,15,17-19,21-23H2,1-11H3/t24?,25?,26?,27?,28?,29?,30?,31?,32?,34?,35?,36?,37?,38?,39?,40?,41?,42?,43-/m0/s1. The first kappa shape index (κ1) is 49.8. The summed E-state index contributed by atoms with van der Waals surface area (Å²) < 4.78 is 50.0. The van der Waals surface area contributed by atoms with Crippen molar-refractivity contribution in [2.24, 2.45) is 11.8 Å². The van der Waals surface area contributed by atoms with E-state index in [0.29, 0.717) is 19.3 Å². The Hall–Kier alpha value is -1.90. The maximum atomic E-state index is 13.1. The van der Waals surface area contributed by atoms with Crippen LogP contribution in [0, 0.1) is 11.8 Å². The van der Waals surface area contributed by atoms with Crippen molar-refractivity contribution in [2.45, 2.75) is 190 Å². The minimum Gasteiger partial charge on any atom is -0.462 e. The number of methoxy groups -OCH3 is 1. The summed E-state index contributed by atoms with van der Waals surface area (Å²) in [6, 6.07) is -0.466. The van der Waals surface area contributed by atoms with Gasteiger partial charge in [-0.2, -0.15) is 0 Å². The highest BCUT2D eigenvalue weighted by molar-refractivity contribution is 5.70. The first-order chi connectivity index (χ1) is 27.8. The van der Waals surface area contributed by atoms with Gasteiger partial charge < -0.3 is 72.9 Å². The van der Waals surface area contributed by atoms with Gasteiger partial charge in [-0.3, -0.25) is 4.79 Å². The van der Waals surface area contributed by atoms with Crippen LogP contribution in [0.15, 0.2) is 24.3 Å². The van der Waals surface area contributed by atoms with Crippen molar-refractivity contribution in [2.75, 3.05) is 35.3 Å². The minimum atomic E-state index is -1.47. The molecule has 0 aromatic rings. The van der Waals surface area contributed by atoms with Gasteiger partial charge in [0.2, 0.25) is 0 Å². The van der Waals surface area contributed by atoms with Gasteiger partial charge in [0.25, 0.3) is 0 Å². The van der Waals surface area contributed by atoms with Crippen molar-refractivity contribution >= 4 is 12.3 Å². The fourth-order valence-corrected chi connectivity index (χ4v) is 9.10. The van der Waals surface area contributed by atoms with Crippen molar-refractivity contribution in [3.8, 4) is 0 Å². The molecular weight excluding hydrogens is 768 g/mol. The quantitative estimate of drug-likeness (QED) is 0.175. The van der Waals surface area contributed by atoms with Crippen LogP contribution in [0.25, 0.3) is 0 Å². The summed E-state index contributed by atoms with van der Waals surface area (Å²) in [6.07, 6.45) is -1.56. The summed E-state index contributed by atoms with van der Waals surface area (Å²) in [4.78, 5) is 29.5. The van der Waals surface area contributed by atoms with Crippen LogP contribution in [0.4, 0.5) is 0 Å². The maximum absolute atomic E-state index is 13.1. The first-order valence-corrected chi connectivity index (χ1v) is 21.3. The zero-order valence-electron chi connectivity index (χ0n) is 37.0. The van der Waals surface area contributed by atoms with E-state index in [4.69, 9.17) is 37.9 Å². The third-order valence-electron chi connectivity index (χ3n) is 12.4. The van der Waals surface area contributed by atoms with E-state index >= 15 is 0 Å². The molecule has 16 nitrogen and oxygen atoms in total. The number of nitrogens with zero attached hydrogens (tertiary/aromatic N) is 2. The van der Waals surface area contributed by atoms with Gasteiger partial charge in [-0.25, -0.2) is 0 Å². The predicted molar refractivity (Wildman–Crippen MR) is 217 cm³/mol. The first-order valence-electron chi connectivity index (χ1n) is 21.3. The minimum absolute atomic E-state index is 0.00885. The van der Waals surface area contributed by atoms with Crippen LogP contribution >= 0.6 is 0 Å². The Morgan fingerprint density at radius 3 is 2.17 bits per heavy atom. The van der Waals surface area contributed by atoms with Gasteiger partial charge in [-0.05, 0) is 93.9 Å². The fourth-order valence-electron chi connectivity index (χ4n) is 9.10. The topological polar surface area (TPSA) is 195 Å². The molecule has 18 unspecified atom stereocenters. The molecule has 0 aromatic carbocycles. The van der Waals surface area contributed by atoms with E-state index in [-0.39, 0.29) is 30.9 Å². The Balaban J connectivity index is 1.66. The normalized spacial score (nSPS) is 44.7. The van der Waals surface area contributed by atoms with Crippen molar-refractivity contribution in [1.29, 1.82) is 0 Å². The van der Waals surface area contributed by atoms with Gasteiger partial charge in [0.15, 0.2) is 18.9 Å². The van der Waals surface area contributed by atoms with Crippen LogP contribution in [0.2, 0.25) is 0 Å². The average molecular weight is 843 g/mol. The highest BCUT2D eigenvalue weighted by Crippen LogP contribution is 2.37. The van der Waals surface area contributed by atoms with Gasteiger partial charge in [-0.15, -0.1) is 0 Å². The van der Waals surface area contributed by atoms with Gasteiger partial charge >= 0.3 is 5.97 Å². The summed E-state index contributed by atoms with van der Waals surface area (Å²) in [5.41, 5.74) is -1.47. The van der Waals surface area contributed by atoms with E-state index in [2.05, 4.69) is 4.90 Å². The lowest BCUT2D eigenvalue weighted by Gasteiger charge is -2.50. The SMILES string of the molecule is COC1C(O)CC(=O)OC(C)CC=CC=CC(OC2CCC(N(C)C)C(C)O2)C(C)CC(CC=O)C1OC1OC(C)C(OC2C[C@](C)(O)C(O)C(C)O2)C(N(C)C)C1O. The molecule has 19 atom stereocenters. The van der Waals surface area contributed by atoms with E-state index < -0.39 is 110 Å². The second-order valence-electron chi connectivity index (χ2n) is 17.8. The zero-order chi connectivity index (χ0) is 43.8. The van der Waals surface area contributed by atoms with E-state index in [0.717, 1.165) is 12.7 Å². The predicted octanol–water partition coefficient (Wildman–Crippen LogP) is 2.33. The van der Waals surface area contributed by atoms with Crippen molar-refractivity contribution in [1.82, 2.24) is 9.80 Å². The largest absolute Gasteiger partial charge is 0.462 e. The number of likely N-dealkylation sites (N-methyl/N-ethyl adjacent to an activating group) is 2. The van der Waals surface area contributed by atoms with Crippen LogP contribution < -0.4 is 0 Å². The summed E-state index contributed by atoms with van der Waals surface area (Å²) in [5, 5.41) is 45.1. The Kier molecular flexibility index (Phi) is 18.9. The van der Waals surface area contributed by atoms with Crippen molar-refractivity contribution in [3.05, 3.63) is 24.3 Å². The van der Waals surface area contributed by atoms with Gasteiger partial charge in [0.05, 0.1) is 54.7 Å². The molecule has 0 aliphatic carbocycles. The lowest BCUT2D eigenvalue weighted by molar-refractivity contribution is -0.344. The van der Waals surface area contributed by atoms with E-state index in [1.165, 1.54) is 14.0 Å². The molecule has 0 radical (unpaired) electrons. The van der Waals surface area contributed by atoms with Gasteiger partial charge in [-0.1, -0.05) is 31.2 Å². The molecular formula is C43H74N2O14. The number of carbonyl (C=O) groups excluding carboxylic acids is 2. The van der Waals surface area contributed by atoms with Crippen LogP contribution in [-0.2, 0) is 47.5 Å². The Morgan fingerprint density at radius 1 is 0.864 bits per heavy atom.